The van der Waals surface area contributed by atoms with E-state index < -0.39 is 11.0 Å². The maximum absolute atomic E-state index is 10.6. The lowest BCUT2D eigenvalue weighted by atomic mass is 10.2. The lowest BCUT2D eigenvalue weighted by molar-refractivity contribution is -0.384. The highest BCUT2D eigenvalue weighted by Crippen LogP contribution is 2.22. The second kappa shape index (κ2) is 6.87. The number of nitrogens with zero attached hydrogens (tertiary/aromatic N) is 1. The molecule has 0 aromatic heterocycles. The molecule has 8 nitrogen and oxygen atoms in total. The SMILES string of the molecule is NCC(O)CNNCc1cc([N+](=O)[O-])ccc1O. The van der Waals surface area contributed by atoms with Gasteiger partial charge < -0.3 is 15.9 Å². The highest BCUT2D eigenvalue weighted by Gasteiger charge is 2.09. The minimum Gasteiger partial charge on any atom is -0.508 e. The summed E-state index contributed by atoms with van der Waals surface area (Å²) in [6.45, 7) is 0.563. The number of hydrogen-bond acceptors (Lipinski definition) is 7. The van der Waals surface area contributed by atoms with Gasteiger partial charge in [-0.3, -0.25) is 21.0 Å². The van der Waals surface area contributed by atoms with Crippen LogP contribution >= 0.6 is 0 Å². The fraction of sp³-hybridized carbons (Fsp3) is 0.400. The summed E-state index contributed by atoms with van der Waals surface area (Å²) in [7, 11) is 0. The Balaban J connectivity index is 2.51. The number of nitro groups is 1. The number of nitro benzene ring substituents is 1. The molecule has 100 valence electrons. The van der Waals surface area contributed by atoms with Gasteiger partial charge in [-0.25, -0.2) is 0 Å². The molecule has 8 heteroatoms. The zero-order valence-corrected chi connectivity index (χ0v) is 9.67. The van der Waals surface area contributed by atoms with E-state index in [0.717, 1.165) is 0 Å². The Kier molecular flexibility index (Phi) is 5.46. The van der Waals surface area contributed by atoms with Gasteiger partial charge in [0.1, 0.15) is 5.75 Å². The van der Waals surface area contributed by atoms with Crippen LogP contribution in [0.4, 0.5) is 5.69 Å². The molecular weight excluding hydrogens is 240 g/mol. The average Bonchev–Trinajstić information content (AvgIpc) is 2.35. The number of rotatable bonds is 7. The van der Waals surface area contributed by atoms with Crippen LogP contribution in [0, 0.1) is 10.1 Å². The summed E-state index contributed by atoms with van der Waals surface area (Å²) in [4.78, 5) is 10.0. The van der Waals surface area contributed by atoms with Gasteiger partial charge in [-0.1, -0.05) is 0 Å². The van der Waals surface area contributed by atoms with Crippen LogP contribution in [0.15, 0.2) is 18.2 Å². The van der Waals surface area contributed by atoms with Crippen molar-refractivity contribution in [2.45, 2.75) is 12.6 Å². The van der Waals surface area contributed by atoms with Gasteiger partial charge in [0.2, 0.25) is 0 Å². The molecule has 0 aliphatic rings. The predicted molar refractivity (Wildman–Crippen MR) is 64.7 cm³/mol. The Bertz CT molecular complexity index is 413. The molecule has 0 saturated carbocycles. The van der Waals surface area contributed by atoms with E-state index in [2.05, 4.69) is 10.9 Å². The molecule has 0 fully saturated rings. The number of nitrogens with one attached hydrogen (secondary N) is 2. The summed E-state index contributed by atoms with van der Waals surface area (Å²) in [5.41, 5.74) is 10.9. The second-order valence-corrected chi connectivity index (χ2v) is 3.69. The first-order chi connectivity index (χ1) is 8.54. The van der Waals surface area contributed by atoms with E-state index in [1.165, 1.54) is 18.2 Å². The molecule has 18 heavy (non-hydrogen) atoms. The summed E-state index contributed by atoms with van der Waals surface area (Å²) in [6, 6.07) is 3.78. The predicted octanol–water partition coefficient (Wildman–Crippen LogP) is -0.786. The van der Waals surface area contributed by atoms with Gasteiger partial charge in [0.25, 0.3) is 5.69 Å². The van der Waals surface area contributed by atoms with E-state index in [-0.39, 0.29) is 31.1 Å². The van der Waals surface area contributed by atoms with Crippen LogP contribution in [0.5, 0.6) is 5.75 Å². The van der Waals surface area contributed by atoms with Crippen molar-refractivity contribution < 1.29 is 15.1 Å². The molecule has 0 amide bonds. The minimum absolute atomic E-state index is 0.0331. The largest absolute Gasteiger partial charge is 0.508 e. The molecule has 0 heterocycles. The molecule has 0 spiro atoms. The van der Waals surface area contributed by atoms with Crippen molar-refractivity contribution >= 4 is 5.69 Å². The molecular formula is C10H16N4O4. The number of non-ortho nitro benzene ring substituents is 1. The Morgan fingerprint density at radius 2 is 2.17 bits per heavy atom. The number of hydrazine groups is 1. The van der Waals surface area contributed by atoms with Gasteiger partial charge in [0.15, 0.2) is 0 Å². The third-order valence-electron chi connectivity index (χ3n) is 2.29. The van der Waals surface area contributed by atoms with Gasteiger partial charge in [0.05, 0.1) is 11.0 Å². The summed E-state index contributed by atoms with van der Waals surface area (Å²) in [5.74, 6) is -0.0331. The summed E-state index contributed by atoms with van der Waals surface area (Å²) < 4.78 is 0. The lowest BCUT2D eigenvalue weighted by Crippen LogP contribution is -2.40. The maximum Gasteiger partial charge on any atom is 0.270 e. The van der Waals surface area contributed by atoms with E-state index in [1.807, 2.05) is 0 Å². The summed E-state index contributed by atoms with van der Waals surface area (Å²) >= 11 is 0. The van der Waals surface area contributed by atoms with Crippen molar-refractivity contribution in [3.63, 3.8) is 0 Å². The third kappa shape index (κ3) is 4.26. The molecule has 1 atom stereocenters. The van der Waals surface area contributed by atoms with Crippen molar-refractivity contribution in [2.75, 3.05) is 13.1 Å². The maximum atomic E-state index is 10.6. The number of nitrogens with two attached hydrogens (primary N) is 1. The molecule has 6 N–H and O–H groups in total. The quantitative estimate of drug-likeness (QED) is 0.245. The molecule has 1 unspecified atom stereocenters. The Labute approximate surface area is 104 Å². The first kappa shape index (κ1) is 14.3. The van der Waals surface area contributed by atoms with E-state index in [0.29, 0.717) is 5.56 Å². The first-order valence-corrected chi connectivity index (χ1v) is 5.34. The first-order valence-electron chi connectivity index (χ1n) is 5.34. The van der Waals surface area contributed by atoms with Gasteiger partial charge in [-0.2, -0.15) is 0 Å². The van der Waals surface area contributed by atoms with E-state index in [1.54, 1.807) is 0 Å². The van der Waals surface area contributed by atoms with Gasteiger partial charge >= 0.3 is 0 Å². The number of aliphatic hydroxyl groups excluding tert-OH is 1. The van der Waals surface area contributed by atoms with Gasteiger partial charge in [-0.05, 0) is 6.07 Å². The smallest absolute Gasteiger partial charge is 0.270 e. The zero-order chi connectivity index (χ0) is 13.5. The van der Waals surface area contributed by atoms with Crippen molar-refractivity contribution in [3.05, 3.63) is 33.9 Å². The number of aliphatic hydroxyl groups is 1. The number of phenols is 1. The van der Waals surface area contributed by atoms with Gasteiger partial charge in [0, 0.05) is 37.3 Å². The van der Waals surface area contributed by atoms with Crippen LogP contribution in [-0.2, 0) is 6.54 Å². The van der Waals surface area contributed by atoms with Crippen LogP contribution in [-0.4, -0.2) is 34.3 Å². The molecule has 1 aromatic rings. The second-order valence-electron chi connectivity index (χ2n) is 3.69. The van der Waals surface area contributed by atoms with E-state index in [9.17, 15) is 15.2 Å². The molecule has 1 aromatic carbocycles. The molecule has 0 aliphatic carbocycles. The van der Waals surface area contributed by atoms with Crippen molar-refractivity contribution in [1.29, 1.82) is 0 Å². The minimum atomic E-state index is -0.670. The third-order valence-corrected chi connectivity index (χ3v) is 2.29. The Morgan fingerprint density at radius 1 is 1.44 bits per heavy atom. The standard InChI is InChI=1S/C10H16N4O4/c11-4-9(15)6-13-12-5-7-3-8(14(17)18)1-2-10(7)16/h1-3,9,12-13,15-16H,4-6,11H2. The number of aromatic hydroxyl groups is 1. The van der Waals surface area contributed by atoms with Crippen molar-refractivity contribution in [3.8, 4) is 5.75 Å². The fourth-order valence-corrected chi connectivity index (χ4v) is 1.26. The average molecular weight is 256 g/mol. The summed E-state index contributed by atoms with van der Waals surface area (Å²) in [5, 5.41) is 29.2. The van der Waals surface area contributed by atoms with Crippen LogP contribution in [0.3, 0.4) is 0 Å². The summed E-state index contributed by atoms with van der Waals surface area (Å²) in [6.07, 6.45) is -0.670. The molecule has 0 radical (unpaired) electrons. The zero-order valence-electron chi connectivity index (χ0n) is 9.67. The van der Waals surface area contributed by atoms with Crippen molar-refractivity contribution in [1.82, 2.24) is 10.9 Å². The molecule has 0 bridgehead atoms. The van der Waals surface area contributed by atoms with Crippen LogP contribution in [0.2, 0.25) is 0 Å². The van der Waals surface area contributed by atoms with Crippen LogP contribution in [0.25, 0.3) is 0 Å². The number of phenolic OH excluding ortho intramolecular Hbond substituents is 1. The Morgan fingerprint density at radius 3 is 2.78 bits per heavy atom. The monoisotopic (exact) mass is 256 g/mol. The highest BCUT2D eigenvalue weighted by molar-refractivity contribution is 5.42. The molecule has 0 saturated heterocycles. The molecule has 1 rings (SSSR count). The van der Waals surface area contributed by atoms with Crippen molar-refractivity contribution in [2.24, 2.45) is 5.73 Å². The number of hydrogen-bond donors (Lipinski definition) is 5. The van der Waals surface area contributed by atoms with Gasteiger partial charge in [-0.15, -0.1) is 0 Å². The topological polar surface area (TPSA) is 134 Å². The van der Waals surface area contributed by atoms with E-state index in [4.69, 9.17) is 10.8 Å². The fourth-order valence-electron chi connectivity index (χ4n) is 1.26. The lowest BCUT2D eigenvalue weighted by Gasteiger charge is -2.11. The number of benzene rings is 1. The molecule has 0 aliphatic heterocycles. The van der Waals surface area contributed by atoms with Crippen LogP contribution < -0.4 is 16.6 Å². The van der Waals surface area contributed by atoms with Crippen LogP contribution in [0.1, 0.15) is 5.56 Å². The van der Waals surface area contributed by atoms with E-state index >= 15 is 0 Å². The Hall–Kier alpha value is -1.74. The normalized spacial score (nSPS) is 12.3. The highest BCUT2D eigenvalue weighted by atomic mass is 16.6.